The third-order valence-corrected chi connectivity index (χ3v) is 3.41. The Hall–Kier alpha value is -1.61. The fourth-order valence-corrected chi connectivity index (χ4v) is 2.10. The quantitative estimate of drug-likeness (QED) is 0.611. The average molecular weight is 260 g/mol. The molecule has 0 radical (unpaired) electrons. The highest BCUT2D eigenvalue weighted by Crippen LogP contribution is 2.16. The van der Waals surface area contributed by atoms with Crippen LogP contribution in [-0.4, -0.2) is 12.0 Å². The Labute approximate surface area is 110 Å². The summed E-state index contributed by atoms with van der Waals surface area (Å²) in [7, 11) is 0. The second kappa shape index (κ2) is 5.83. The molecule has 0 N–H and O–H groups in total. The summed E-state index contributed by atoms with van der Waals surface area (Å²) in [6.45, 7) is 0. The van der Waals surface area contributed by atoms with Crippen molar-refractivity contribution in [2.45, 2.75) is 11.3 Å². The van der Waals surface area contributed by atoms with E-state index >= 15 is 0 Å². The van der Waals surface area contributed by atoms with Crippen molar-refractivity contribution in [3.63, 3.8) is 0 Å². The molecule has 0 amide bonds. The van der Waals surface area contributed by atoms with Crippen molar-refractivity contribution in [1.29, 1.82) is 0 Å². The van der Waals surface area contributed by atoms with Crippen molar-refractivity contribution in [1.82, 2.24) is 0 Å². The molecule has 0 unspecified atom stereocenters. The van der Waals surface area contributed by atoms with E-state index in [4.69, 9.17) is 0 Å². The smallest absolute Gasteiger partial charge is 0.167 e. The SMILES string of the molecule is CSc1ccc(CC(=O)c2cccc(F)c2)cc1. The summed E-state index contributed by atoms with van der Waals surface area (Å²) in [6.07, 6.45) is 2.31. The van der Waals surface area contributed by atoms with Crippen LogP contribution in [0.3, 0.4) is 0 Å². The summed E-state index contributed by atoms with van der Waals surface area (Å²) in [4.78, 5) is 13.1. The number of ketones is 1. The lowest BCUT2D eigenvalue weighted by Gasteiger charge is -2.03. The monoisotopic (exact) mass is 260 g/mol. The van der Waals surface area contributed by atoms with Crippen LogP contribution in [0.5, 0.6) is 0 Å². The van der Waals surface area contributed by atoms with E-state index in [0.717, 1.165) is 10.5 Å². The zero-order valence-electron chi connectivity index (χ0n) is 10.0. The first-order chi connectivity index (χ1) is 8.69. The number of thioether (sulfide) groups is 1. The van der Waals surface area contributed by atoms with E-state index in [-0.39, 0.29) is 11.6 Å². The number of Topliss-reactive ketones (excluding diaryl/α,β-unsaturated/α-hetero) is 1. The van der Waals surface area contributed by atoms with Gasteiger partial charge in [-0.1, -0.05) is 24.3 Å². The molecule has 0 spiro atoms. The van der Waals surface area contributed by atoms with E-state index in [1.54, 1.807) is 23.9 Å². The lowest BCUT2D eigenvalue weighted by atomic mass is 10.0. The number of carbonyl (C=O) groups excluding carboxylic acids is 1. The van der Waals surface area contributed by atoms with E-state index < -0.39 is 0 Å². The molecule has 0 aliphatic carbocycles. The maximum Gasteiger partial charge on any atom is 0.167 e. The number of hydrogen-bond acceptors (Lipinski definition) is 2. The van der Waals surface area contributed by atoms with Gasteiger partial charge in [-0.15, -0.1) is 11.8 Å². The molecule has 1 nitrogen and oxygen atoms in total. The van der Waals surface area contributed by atoms with Crippen LogP contribution in [0.15, 0.2) is 53.4 Å². The summed E-state index contributed by atoms with van der Waals surface area (Å²) < 4.78 is 13.0. The Morgan fingerprint density at radius 3 is 2.50 bits per heavy atom. The highest BCUT2D eigenvalue weighted by molar-refractivity contribution is 7.98. The van der Waals surface area contributed by atoms with Gasteiger partial charge in [0, 0.05) is 16.9 Å². The van der Waals surface area contributed by atoms with Gasteiger partial charge < -0.3 is 0 Å². The van der Waals surface area contributed by atoms with Gasteiger partial charge in [0.25, 0.3) is 0 Å². The average Bonchev–Trinajstić information content (AvgIpc) is 2.39. The summed E-state index contributed by atoms with van der Waals surface area (Å²) in [6, 6.07) is 13.6. The molecule has 0 bridgehead atoms. The lowest BCUT2D eigenvalue weighted by Crippen LogP contribution is -2.03. The highest BCUT2D eigenvalue weighted by atomic mass is 32.2. The number of rotatable bonds is 4. The zero-order chi connectivity index (χ0) is 13.0. The molecule has 0 atom stereocenters. The molecule has 0 saturated heterocycles. The Morgan fingerprint density at radius 2 is 1.89 bits per heavy atom. The number of halogens is 1. The molecular formula is C15H13FOS. The molecule has 0 fully saturated rings. The van der Waals surface area contributed by atoms with Gasteiger partial charge in [0.1, 0.15) is 5.82 Å². The van der Waals surface area contributed by atoms with Crippen molar-refractivity contribution in [3.8, 4) is 0 Å². The molecule has 2 rings (SSSR count). The topological polar surface area (TPSA) is 17.1 Å². The molecule has 2 aromatic carbocycles. The van der Waals surface area contributed by atoms with Gasteiger partial charge in [0.2, 0.25) is 0 Å². The standard InChI is InChI=1S/C15H13FOS/c1-18-14-7-5-11(6-8-14)9-15(17)12-3-2-4-13(16)10-12/h2-8,10H,9H2,1H3. The summed E-state index contributed by atoms with van der Waals surface area (Å²) >= 11 is 1.66. The van der Waals surface area contributed by atoms with Gasteiger partial charge in [-0.3, -0.25) is 4.79 Å². The van der Waals surface area contributed by atoms with Crippen molar-refractivity contribution in [2.75, 3.05) is 6.26 Å². The summed E-state index contributed by atoms with van der Waals surface area (Å²) in [5, 5.41) is 0. The number of benzene rings is 2. The predicted molar refractivity (Wildman–Crippen MR) is 72.7 cm³/mol. The lowest BCUT2D eigenvalue weighted by molar-refractivity contribution is 0.0992. The molecule has 0 saturated carbocycles. The third kappa shape index (κ3) is 3.20. The van der Waals surface area contributed by atoms with Gasteiger partial charge in [-0.25, -0.2) is 4.39 Å². The van der Waals surface area contributed by atoms with Gasteiger partial charge in [-0.2, -0.15) is 0 Å². The maximum absolute atomic E-state index is 13.0. The Balaban J connectivity index is 2.11. The summed E-state index contributed by atoms with van der Waals surface area (Å²) in [5.74, 6) is -0.440. The van der Waals surface area contributed by atoms with Crippen LogP contribution >= 0.6 is 11.8 Å². The van der Waals surface area contributed by atoms with Crippen LogP contribution in [0.25, 0.3) is 0 Å². The predicted octanol–water partition coefficient (Wildman–Crippen LogP) is 3.97. The summed E-state index contributed by atoms with van der Waals surface area (Å²) in [5.41, 5.74) is 1.37. The highest BCUT2D eigenvalue weighted by Gasteiger charge is 2.07. The van der Waals surface area contributed by atoms with E-state index in [0.29, 0.717) is 12.0 Å². The van der Waals surface area contributed by atoms with Crippen LogP contribution in [0, 0.1) is 5.82 Å². The fourth-order valence-electron chi connectivity index (χ4n) is 1.69. The molecule has 0 heterocycles. The van der Waals surface area contributed by atoms with Crippen LogP contribution < -0.4 is 0 Å². The van der Waals surface area contributed by atoms with Gasteiger partial charge in [0.15, 0.2) is 5.78 Å². The number of hydrogen-bond donors (Lipinski definition) is 0. The second-order valence-corrected chi connectivity index (χ2v) is 4.84. The minimum atomic E-state index is -0.376. The van der Waals surface area contributed by atoms with E-state index in [1.807, 2.05) is 30.5 Å². The Kier molecular flexibility index (Phi) is 4.15. The minimum Gasteiger partial charge on any atom is -0.294 e. The molecule has 2 aromatic rings. The van der Waals surface area contributed by atoms with Crippen LogP contribution in [0.1, 0.15) is 15.9 Å². The second-order valence-electron chi connectivity index (χ2n) is 3.96. The van der Waals surface area contributed by atoms with E-state index in [9.17, 15) is 9.18 Å². The maximum atomic E-state index is 13.0. The van der Waals surface area contributed by atoms with Crippen LogP contribution in [0.2, 0.25) is 0 Å². The van der Waals surface area contributed by atoms with Gasteiger partial charge in [-0.05, 0) is 36.1 Å². The first kappa shape index (κ1) is 12.8. The molecular weight excluding hydrogens is 247 g/mol. The first-order valence-corrected chi connectivity index (χ1v) is 6.83. The molecule has 3 heteroatoms. The van der Waals surface area contributed by atoms with Crippen molar-refractivity contribution >= 4 is 17.5 Å². The third-order valence-electron chi connectivity index (χ3n) is 2.67. The van der Waals surface area contributed by atoms with E-state index in [2.05, 4.69) is 0 Å². The van der Waals surface area contributed by atoms with Crippen LogP contribution in [-0.2, 0) is 6.42 Å². The Bertz CT molecular complexity index is 549. The normalized spacial score (nSPS) is 10.3. The van der Waals surface area contributed by atoms with Crippen molar-refractivity contribution in [2.24, 2.45) is 0 Å². The molecule has 0 aliphatic heterocycles. The molecule has 92 valence electrons. The molecule has 0 aromatic heterocycles. The van der Waals surface area contributed by atoms with Gasteiger partial charge in [0.05, 0.1) is 0 Å². The molecule has 0 aliphatic rings. The van der Waals surface area contributed by atoms with E-state index in [1.165, 1.54) is 12.1 Å². The first-order valence-electron chi connectivity index (χ1n) is 5.61. The number of carbonyl (C=O) groups is 1. The fraction of sp³-hybridized carbons (Fsp3) is 0.133. The zero-order valence-corrected chi connectivity index (χ0v) is 10.8. The largest absolute Gasteiger partial charge is 0.294 e. The van der Waals surface area contributed by atoms with Crippen molar-refractivity contribution in [3.05, 3.63) is 65.5 Å². The van der Waals surface area contributed by atoms with Crippen LogP contribution in [0.4, 0.5) is 4.39 Å². The van der Waals surface area contributed by atoms with Gasteiger partial charge >= 0.3 is 0 Å². The van der Waals surface area contributed by atoms with Crippen molar-refractivity contribution < 1.29 is 9.18 Å². The minimum absolute atomic E-state index is 0.0635. The molecule has 18 heavy (non-hydrogen) atoms. The Morgan fingerprint density at radius 1 is 1.17 bits per heavy atom.